The molecule has 0 radical (unpaired) electrons. The van der Waals surface area contributed by atoms with Gasteiger partial charge in [0.15, 0.2) is 0 Å². The fourth-order valence-corrected chi connectivity index (χ4v) is 2.70. The maximum atomic E-state index is 12.5. The molecule has 0 aliphatic carbocycles. The van der Waals surface area contributed by atoms with Crippen LogP contribution in [0.4, 0.5) is 5.69 Å². The summed E-state index contributed by atoms with van der Waals surface area (Å²) in [5.41, 5.74) is 2.29. The molecule has 0 bridgehead atoms. The van der Waals surface area contributed by atoms with Crippen LogP contribution in [0.2, 0.25) is 0 Å². The Morgan fingerprint density at radius 2 is 2.00 bits per heavy atom. The topological polar surface area (TPSA) is 32.3 Å². The van der Waals surface area contributed by atoms with Gasteiger partial charge in [0.1, 0.15) is 0 Å². The van der Waals surface area contributed by atoms with Gasteiger partial charge in [0.05, 0.1) is 5.92 Å². The molecule has 1 aromatic rings. The highest BCUT2D eigenvalue weighted by atomic mass is 16.2. The van der Waals surface area contributed by atoms with Crippen molar-refractivity contribution in [1.82, 2.24) is 5.32 Å². The first kappa shape index (κ1) is 14.1. The normalized spacial score (nSPS) is 23.1. The SMILES string of the molecule is CCc1ccc(N(C)C(=O)C2CNCC(C)C2)cc1. The quantitative estimate of drug-likeness (QED) is 0.905. The highest BCUT2D eigenvalue weighted by Crippen LogP contribution is 2.21. The molecule has 1 aliphatic rings. The first-order valence-electron chi connectivity index (χ1n) is 7.19. The Bertz CT molecular complexity index is 427. The third kappa shape index (κ3) is 3.35. The summed E-state index contributed by atoms with van der Waals surface area (Å²) in [5, 5.41) is 3.34. The second kappa shape index (κ2) is 6.20. The Kier molecular flexibility index (Phi) is 4.59. The molecule has 19 heavy (non-hydrogen) atoms. The zero-order valence-corrected chi connectivity index (χ0v) is 12.1. The van der Waals surface area contributed by atoms with Crippen molar-refractivity contribution in [3.63, 3.8) is 0 Å². The van der Waals surface area contributed by atoms with Gasteiger partial charge < -0.3 is 10.2 Å². The Morgan fingerprint density at radius 1 is 1.32 bits per heavy atom. The summed E-state index contributed by atoms with van der Waals surface area (Å²) >= 11 is 0. The Morgan fingerprint density at radius 3 is 2.58 bits per heavy atom. The molecule has 1 fully saturated rings. The number of aryl methyl sites for hydroxylation is 1. The summed E-state index contributed by atoms with van der Waals surface area (Å²) in [6, 6.07) is 8.27. The summed E-state index contributed by atoms with van der Waals surface area (Å²) in [6.07, 6.45) is 2.02. The van der Waals surface area contributed by atoms with E-state index in [-0.39, 0.29) is 11.8 Å². The van der Waals surface area contributed by atoms with Gasteiger partial charge in [0.2, 0.25) is 5.91 Å². The fraction of sp³-hybridized carbons (Fsp3) is 0.562. The standard InChI is InChI=1S/C16H24N2O/c1-4-13-5-7-15(8-6-13)18(3)16(19)14-9-12(2)10-17-11-14/h5-8,12,14,17H,4,9-11H2,1-3H3. The van der Waals surface area contributed by atoms with E-state index in [1.165, 1.54) is 5.56 Å². The third-order valence-corrected chi connectivity index (χ3v) is 3.98. The van der Waals surface area contributed by atoms with E-state index < -0.39 is 0 Å². The number of hydrogen-bond acceptors (Lipinski definition) is 2. The highest BCUT2D eigenvalue weighted by Gasteiger charge is 2.27. The highest BCUT2D eigenvalue weighted by molar-refractivity contribution is 5.94. The summed E-state index contributed by atoms with van der Waals surface area (Å²) < 4.78 is 0. The molecule has 3 heteroatoms. The zero-order chi connectivity index (χ0) is 13.8. The largest absolute Gasteiger partial charge is 0.316 e. The molecule has 1 amide bonds. The lowest BCUT2D eigenvalue weighted by atomic mass is 9.91. The zero-order valence-electron chi connectivity index (χ0n) is 12.1. The first-order chi connectivity index (χ1) is 9.11. The average molecular weight is 260 g/mol. The molecule has 1 aliphatic heterocycles. The molecular formula is C16H24N2O. The lowest BCUT2D eigenvalue weighted by Crippen LogP contribution is -2.44. The lowest BCUT2D eigenvalue weighted by molar-refractivity contribution is -0.123. The molecule has 1 N–H and O–H groups in total. The molecule has 1 heterocycles. The van der Waals surface area contributed by atoms with Gasteiger partial charge in [-0.2, -0.15) is 0 Å². The minimum Gasteiger partial charge on any atom is -0.316 e. The molecule has 1 saturated heterocycles. The van der Waals surface area contributed by atoms with Crippen molar-refractivity contribution in [2.24, 2.45) is 11.8 Å². The summed E-state index contributed by atoms with van der Waals surface area (Å²) in [6.45, 7) is 6.17. The van der Waals surface area contributed by atoms with Crippen LogP contribution in [-0.2, 0) is 11.2 Å². The van der Waals surface area contributed by atoms with Crippen LogP contribution in [-0.4, -0.2) is 26.0 Å². The van der Waals surface area contributed by atoms with E-state index in [2.05, 4.69) is 31.3 Å². The van der Waals surface area contributed by atoms with E-state index in [0.29, 0.717) is 5.92 Å². The van der Waals surface area contributed by atoms with Crippen LogP contribution < -0.4 is 10.2 Å². The van der Waals surface area contributed by atoms with Crippen LogP contribution in [0.15, 0.2) is 24.3 Å². The molecule has 0 saturated carbocycles. The van der Waals surface area contributed by atoms with Crippen LogP contribution >= 0.6 is 0 Å². The minimum atomic E-state index is 0.111. The Labute approximate surface area is 116 Å². The molecule has 2 unspecified atom stereocenters. The van der Waals surface area contributed by atoms with E-state index in [0.717, 1.165) is 31.6 Å². The van der Waals surface area contributed by atoms with Crippen LogP contribution in [0, 0.1) is 11.8 Å². The van der Waals surface area contributed by atoms with Crippen molar-refractivity contribution >= 4 is 11.6 Å². The minimum absolute atomic E-state index is 0.111. The second-order valence-corrected chi connectivity index (χ2v) is 5.61. The third-order valence-electron chi connectivity index (χ3n) is 3.98. The number of nitrogens with zero attached hydrogens (tertiary/aromatic N) is 1. The van der Waals surface area contributed by atoms with Crippen LogP contribution in [0.5, 0.6) is 0 Å². The molecule has 2 rings (SSSR count). The first-order valence-corrected chi connectivity index (χ1v) is 7.19. The van der Waals surface area contributed by atoms with E-state index in [9.17, 15) is 4.79 Å². The van der Waals surface area contributed by atoms with E-state index in [1.54, 1.807) is 4.90 Å². The molecule has 0 spiro atoms. The number of piperidine rings is 1. The van der Waals surface area contributed by atoms with Gasteiger partial charge in [0, 0.05) is 19.3 Å². The van der Waals surface area contributed by atoms with Gasteiger partial charge in [-0.1, -0.05) is 26.0 Å². The number of carbonyl (C=O) groups excluding carboxylic acids is 1. The second-order valence-electron chi connectivity index (χ2n) is 5.61. The van der Waals surface area contributed by atoms with Crippen LogP contribution in [0.3, 0.4) is 0 Å². The van der Waals surface area contributed by atoms with Gasteiger partial charge in [-0.15, -0.1) is 0 Å². The van der Waals surface area contributed by atoms with Crippen molar-refractivity contribution < 1.29 is 4.79 Å². The molecule has 3 nitrogen and oxygen atoms in total. The van der Waals surface area contributed by atoms with Gasteiger partial charge in [-0.3, -0.25) is 4.79 Å². The molecule has 0 aromatic heterocycles. The predicted molar refractivity (Wildman–Crippen MR) is 79.4 cm³/mol. The van der Waals surface area contributed by atoms with Gasteiger partial charge in [-0.05, 0) is 43.0 Å². The Hall–Kier alpha value is -1.35. The molecular weight excluding hydrogens is 236 g/mol. The summed E-state index contributed by atoms with van der Waals surface area (Å²) in [7, 11) is 1.88. The number of nitrogens with one attached hydrogen (secondary N) is 1. The number of carbonyl (C=O) groups is 1. The maximum absolute atomic E-state index is 12.5. The number of hydrogen-bond donors (Lipinski definition) is 1. The van der Waals surface area contributed by atoms with Crippen molar-refractivity contribution in [1.29, 1.82) is 0 Å². The summed E-state index contributed by atoms with van der Waals surface area (Å²) in [5.74, 6) is 0.918. The average Bonchev–Trinajstić information content (AvgIpc) is 2.46. The Balaban J connectivity index is 2.05. The van der Waals surface area contributed by atoms with Gasteiger partial charge >= 0.3 is 0 Å². The van der Waals surface area contributed by atoms with Crippen LogP contribution in [0.25, 0.3) is 0 Å². The van der Waals surface area contributed by atoms with E-state index in [4.69, 9.17) is 0 Å². The van der Waals surface area contributed by atoms with Crippen molar-refractivity contribution in [2.45, 2.75) is 26.7 Å². The maximum Gasteiger partial charge on any atom is 0.231 e. The smallest absolute Gasteiger partial charge is 0.231 e. The lowest BCUT2D eigenvalue weighted by Gasteiger charge is -2.30. The number of anilines is 1. The molecule has 104 valence electrons. The van der Waals surface area contributed by atoms with Crippen molar-refractivity contribution in [3.8, 4) is 0 Å². The van der Waals surface area contributed by atoms with E-state index >= 15 is 0 Å². The molecule has 2 atom stereocenters. The number of amides is 1. The van der Waals surface area contributed by atoms with E-state index in [1.807, 2.05) is 19.2 Å². The van der Waals surface area contributed by atoms with Gasteiger partial charge in [0.25, 0.3) is 0 Å². The number of rotatable bonds is 3. The predicted octanol–water partition coefficient (Wildman–Crippen LogP) is 2.46. The van der Waals surface area contributed by atoms with Crippen LogP contribution in [0.1, 0.15) is 25.8 Å². The summed E-state index contributed by atoms with van der Waals surface area (Å²) in [4.78, 5) is 14.3. The number of benzene rings is 1. The van der Waals surface area contributed by atoms with Gasteiger partial charge in [-0.25, -0.2) is 0 Å². The fourth-order valence-electron chi connectivity index (χ4n) is 2.70. The molecule has 1 aromatic carbocycles. The monoisotopic (exact) mass is 260 g/mol. The van der Waals surface area contributed by atoms with Crippen molar-refractivity contribution in [2.75, 3.05) is 25.0 Å². The van der Waals surface area contributed by atoms with Crippen molar-refractivity contribution in [3.05, 3.63) is 29.8 Å².